The molecule has 7 heteroatoms. The molecule has 0 spiro atoms. The van der Waals surface area contributed by atoms with Crippen molar-refractivity contribution in [2.24, 2.45) is 0 Å². The van der Waals surface area contributed by atoms with Gasteiger partial charge in [0, 0.05) is 17.8 Å². The lowest BCUT2D eigenvalue weighted by Gasteiger charge is -2.11. The fraction of sp³-hybridized carbons (Fsp3) is 0.200. The molecule has 2 aromatic heterocycles. The molecule has 1 atom stereocenters. The summed E-state index contributed by atoms with van der Waals surface area (Å²) in [6.07, 6.45) is 5.22. The number of carboxylic acids is 1. The van der Waals surface area contributed by atoms with Crippen molar-refractivity contribution in [2.75, 3.05) is 0 Å². The monoisotopic (exact) mass is 426 g/mol. The lowest BCUT2D eigenvalue weighted by molar-refractivity contribution is -0.137. The van der Waals surface area contributed by atoms with Crippen LogP contribution in [0, 0.1) is 11.8 Å². The van der Waals surface area contributed by atoms with E-state index in [2.05, 4.69) is 26.9 Å². The van der Waals surface area contributed by atoms with Gasteiger partial charge in [-0.25, -0.2) is 9.97 Å². The molecule has 4 rings (SSSR count). The van der Waals surface area contributed by atoms with Crippen LogP contribution in [0.4, 0.5) is 0 Å². The van der Waals surface area contributed by atoms with Gasteiger partial charge in [0.15, 0.2) is 0 Å². The second-order valence-corrected chi connectivity index (χ2v) is 7.32. The number of hydrogen-bond donors (Lipinski definition) is 1. The summed E-state index contributed by atoms with van der Waals surface area (Å²) >= 11 is 0. The average Bonchev–Trinajstić information content (AvgIpc) is 3.19. The number of benzene rings is 2. The molecule has 32 heavy (non-hydrogen) atoms. The van der Waals surface area contributed by atoms with Crippen LogP contribution in [0.5, 0.6) is 5.75 Å². The predicted molar refractivity (Wildman–Crippen MR) is 120 cm³/mol. The van der Waals surface area contributed by atoms with Gasteiger partial charge in [-0.1, -0.05) is 30.2 Å². The van der Waals surface area contributed by atoms with Crippen LogP contribution in [0.2, 0.25) is 0 Å². The van der Waals surface area contributed by atoms with E-state index >= 15 is 0 Å². The zero-order valence-corrected chi connectivity index (χ0v) is 17.6. The van der Waals surface area contributed by atoms with E-state index in [0.29, 0.717) is 18.9 Å². The number of rotatable bonds is 8. The first-order valence-corrected chi connectivity index (χ1v) is 10.2. The van der Waals surface area contributed by atoms with Crippen LogP contribution in [-0.4, -0.2) is 30.8 Å². The number of aliphatic carboxylic acids is 1. The average molecular weight is 426 g/mol. The van der Waals surface area contributed by atoms with E-state index in [1.54, 1.807) is 13.1 Å². The normalized spacial score (nSPS) is 11.5. The van der Waals surface area contributed by atoms with Crippen molar-refractivity contribution in [1.29, 1.82) is 0 Å². The summed E-state index contributed by atoms with van der Waals surface area (Å²) in [6, 6.07) is 15.4. The van der Waals surface area contributed by atoms with Crippen molar-refractivity contribution in [2.45, 2.75) is 32.4 Å². The fourth-order valence-electron chi connectivity index (χ4n) is 3.43. The standard InChI is InChI=1S/C25H22N4O3/c1-2-3-20(13-25(30)31)19-6-8-23(9-7-19)32-16-18-4-5-21-14-29(28-24(21)12-18)15-22-10-11-26-17-27-22/h4-12,14,17,20H,13,15-16H2,1H3,(H,30,31). The molecule has 0 aliphatic carbocycles. The first-order valence-electron chi connectivity index (χ1n) is 10.2. The third kappa shape index (κ3) is 5.29. The lowest BCUT2D eigenvalue weighted by Crippen LogP contribution is -2.04. The predicted octanol–water partition coefficient (Wildman–Crippen LogP) is 4.04. The van der Waals surface area contributed by atoms with Gasteiger partial charge >= 0.3 is 5.97 Å². The molecule has 0 saturated heterocycles. The van der Waals surface area contributed by atoms with Crippen molar-refractivity contribution in [3.05, 3.63) is 84.1 Å². The quantitative estimate of drug-likeness (QED) is 0.428. The molecule has 0 aliphatic heterocycles. The van der Waals surface area contributed by atoms with Gasteiger partial charge in [-0.15, -0.1) is 5.92 Å². The number of carboxylic acid groups (broad SMARTS) is 1. The largest absolute Gasteiger partial charge is 0.489 e. The van der Waals surface area contributed by atoms with Crippen molar-refractivity contribution in [3.63, 3.8) is 0 Å². The van der Waals surface area contributed by atoms with Crippen LogP contribution in [-0.2, 0) is 17.9 Å². The number of aromatic nitrogens is 4. The number of ether oxygens (including phenoxy) is 1. The molecule has 2 heterocycles. The Hall–Kier alpha value is -4.18. The second-order valence-electron chi connectivity index (χ2n) is 7.32. The summed E-state index contributed by atoms with van der Waals surface area (Å²) in [5.74, 6) is 5.27. The Labute approximate surface area is 185 Å². The van der Waals surface area contributed by atoms with Crippen molar-refractivity contribution in [3.8, 4) is 17.6 Å². The maximum Gasteiger partial charge on any atom is 0.304 e. The van der Waals surface area contributed by atoms with Gasteiger partial charge in [-0.05, 0) is 42.3 Å². The highest BCUT2D eigenvalue weighted by molar-refractivity contribution is 5.78. The zero-order valence-electron chi connectivity index (χ0n) is 17.6. The highest BCUT2D eigenvalue weighted by atomic mass is 16.5. The lowest BCUT2D eigenvalue weighted by atomic mass is 9.96. The summed E-state index contributed by atoms with van der Waals surface area (Å²) in [4.78, 5) is 19.2. The Morgan fingerprint density at radius 2 is 2.03 bits per heavy atom. The number of nitrogens with zero attached hydrogens (tertiary/aromatic N) is 4. The Kier molecular flexibility index (Phi) is 6.42. The van der Waals surface area contributed by atoms with E-state index in [1.807, 2.05) is 59.4 Å². The van der Waals surface area contributed by atoms with Gasteiger partial charge in [0.2, 0.25) is 0 Å². The SMILES string of the molecule is CC#CC(CC(=O)O)c1ccc(OCc2ccc3cn(Cc4ccncn4)nc3c2)cc1. The zero-order chi connectivity index (χ0) is 22.3. The van der Waals surface area contributed by atoms with Crippen molar-refractivity contribution in [1.82, 2.24) is 19.7 Å². The molecule has 7 nitrogen and oxygen atoms in total. The van der Waals surface area contributed by atoms with E-state index in [-0.39, 0.29) is 12.3 Å². The third-order valence-corrected chi connectivity index (χ3v) is 4.97. The number of carbonyl (C=O) groups is 1. The summed E-state index contributed by atoms with van der Waals surface area (Å²) in [5.41, 5.74) is 3.67. The highest BCUT2D eigenvalue weighted by Gasteiger charge is 2.13. The molecule has 0 aliphatic rings. The molecule has 1 unspecified atom stereocenters. The molecule has 0 radical (unpaired) electrons. The third-order valence-electron chi connectivity index (χ3n) is 4.97. The van der Waals surface area contributed by atoms with E-state index in [1.165, 1.54) is 6.33 Å². The molecule has 4 aromatic rings. The second kappa shape index (κ2) is 9.75. The molecule has 0 amide bonds. The first-order chi connectivity index (χ1) is 15.6. The highest BCUT2D eigenvalue weighted by Crippen LogP contribution is 2.23. The molecule has 0 bridgehead atoms. The van der Waals surface area contributed by atoms with E-state index in [0.717, 1.165) is 27.7 Å². The van der Waals surface area contributed by atoms with Crippen LogP contribution >= 0.6 is 0 Å². The molecule has 0 fully saturated rings. The minimum absolute atomic E-state index is 0.0229. The van der Waals surface area contributed by atoms with Crippen LogP contribution in [0.1, 0.15) is 36.1 Å². The topological polar surface area (TPSA) is 90.1 Å². The molecule has 2 aromatic carbocycles. The molecule has 160 valence electrons. The molecular weight excluding hydrogens is 404 g/mol. The fourth-order valence-corrected chi connectivity index (χ4v) is 3.43. The smallest absolute Gasteiger partial charge is 0.304 e. The van der Waals surface area contributed by atoms with Crippen molar-refractivity contribution >= 4 is 16.9 Å². The van der Waals surface area contributed by atoms with Gasteiger partial charge in [-0.3, -0.25) is 9.48 Å². The van der Waals surface area contributed by atoms with Gasteiger partial charge in [-0.2, -0.15) is 5.10 Å². The van der Waals surface area contributed by atoms with E-state index in [4.69, 9.17) is 9.84 Å². The Balaban J connectivity index is 1.41. The first kappa shape index (κ1) is 21.1. The Morgan fingerprint density at radius 3 is 2.75 bits per heavy atom. The minimum Gasteiger partial charge on any atom is -0.489 e. The van der Waals surface area contributed by atoms with Gasteiger partial charge in [0.1, 0.15) is 18.7 Å². The summed E-state index contributed by atoms with van der Waals surface area (Å²) in [7, 11) is 0. The minimum atomic E-state index is -0.868. The molecule has 0 saturated carbocycles. The number of fused-ring (bicyclic) bond motifs is 1. The van der Waals surface area contributed by atoms with Gasteiger partial charge in [0.05, 0.1) is 30.1 Å². The Bertz CT molecular complexity index is 1270. The Morgan fingerprint density at radius 1 is 1.19 bits per heavy atom. The summed E-state index contributed by atoms with van der Waals surface area (Å²) < 4.78 is 7.78. The van der Waals surface area contributed by atoms with Crippen molar-refractivity contribution < 1.29 is 14.6 Å². The van der Waals surface area contributed by atoms with Crippen LogP contribution in [0.15, 0.2) is 67.3 Å². The number of hydrogen-bond acceptors (Lipinski definition) is 5. The van der Waals surface area contributed by atoms with Gasteiger partial charge < -0.3 is 9.84 Å². The van der Waals surface area contributed by atoms with Crippen LogP contribution in [0.3, 0.4) is 0 Å². The summed E-state index contributed by atoms with van der Waals surface area (Å²) in [6.45, 7) is 2.70. The van der Waals surface area contributed by atoms with Crippen LogP contribution < -0.4 is 4.74 Å². The van der Waals surface area contributed by atoms with Gasteiger partial charge in [0.25, 0.3) is 0 Å². The molecule has 1 N–H and O–H groups in total. The van der Waals surface area contributed by atoms with E-state index < -0.39 is 5.97 Å². The van der Waals surface area contributed by atoms with Crippen LogP contribution in [0.25, 0.3) is 10.9 Å². The summed E-state index contributed by atoms with van der Waals surface area (Å²) in [5, 5.41) is 14.8. The maximum atomic E-state index is 11.1. The maximum absolute atomic E-state index is 11.1. The van der Waals surface area contributed by atoms with E-state index in [9.17, 15) is 4.79 Å². The molecular formula is C25H22N4O3.